The normalized spacial score (nSPS) is 13.8. The van der Waals surface area contributed by atoms with Gasteiger partial charge in [-0.05, 0) is 37.2 Å². The molecule has 0 saturated carbocycles. The number of hydrogen-bond acceptors (Lipinski definition) is 3. The quantitative estimate of drug-likeness (QED) is 0.758. The fourth-order valence-electron chi connectivity index (χ4n) is 1.41. The molecule has 19 heavy (non-hydrogen) atoms. The van der Waals surface area contributed by atoms with Crippen molar-refractivity contribution in [2.75, 3.05) is 24.7 Å². The molecule has 0 fully saturated rings. The minimum Gasteiger partial charge on any atom is -0.325 e. The Bertz CT molecular complexity index is 437. The predicted molar refractivity (Wildman–Crippen MR) is 81.1 cm³/mol. The number of halogens is 1. The van der Waals surface area contributed by atoms with Crippen LogP contribution in [0.25, 0.3) is 0 Å². The first-order valence-corrected chi connectivity index (χ1v) is 8.07. The second-order valence-corrected chi connectivity index (χ2v) is 6.57. The fourth-order valence-corrected chi connectivity index (χ4v) is 1.99. The molecule has 2 N–H and O–H groups in total. The van der Waals surface area contributed by atoms with Gasteiger partial charge in [0.2, 0.25) is 5.91 Å². The van der Waals surface area contributed by atoms with Crippen LogP contribution in [0, 0.1) is 0 Å². The molecule has 2 unspecified atom stereocenters. The van der Waals surface area contributed by atoms with Crippen molar-refractivity contribution in [3.8, 4) is 0 Å². The van der Waals surface area contributed by atoms with Crippen molar-refractivity contribution in [1.82, 2.24) is 5.32 Å². The standard InChI is InChI=1S/C13H19ClN2O2S/c1-10(19(2)18)7-8-15-9-13(17)16-12-5-3-11(14)4-6-12/h3-6,10,15H,7-9H2,1-2H3,(H,16,17). The number of hydrogen-bond donors (Lipinski definition) is 2. The Hall–Kier alpha value is -0.910. The molecule has 0 aromatic heterocycles. The molecule has 0 spiro atoms. The molecule has 6 heteroatoms. The third-order valence-corrected chi connectivity index (χ3v) is 4.33. The molecule has 1 aromatic rings. The van der Waals surface area contributed by atoms with Crippen molar-refractivity contribution in [2.45, 2.75) is 18.6 Å². The summed E-state index contributed by atoms with van der Waals surface area (Å²) in [6.07, 6.45) is 2.48. The van der Waals surface area contributed by atoms with E-state index in [9.17, 15) is 9.00 Å². The zero-order valence-corrected chi connectivity index (χ0v) is 12.7. The van der Waals surface area contributed by atoms with Gasteiger partial charge in [0.1, 0.15) is 0 Å². The summed E-state index contributed by atoms with van der Waals surface area (Å²) < 4.78 is 11.1. The van der Waals surface area contributed by atoms with E-state index in [0.29, 0.717) is 11.6 Å². The summed E-state index contributed by atoms with van der Waals surface area (Å²) in [7, 11) is -0.811. The van der Waals surface area contributed by atoms with E-state index in [1.807, 2.05) is 6.92 Å². The lowest BCUT2D eigenvalue weighted by atomic mass is 10.3. The van der Waals surface area contributed by atoms with Crippen molar-refractivity contribution in [3.63, 3.8) is 0 Å². The second kappa shape index (κ2) is 8.30. The van der Waals surface area contributed by atoms with E-state index in [-0.39, 0.29) is 17.7 Å². The van der Waals surface area contributed by atoms with Crippen LogP contribution in [-0.4, -0.2) is 34.7 Å². The van der Waals surface area contributed by atoms with Crippen LogP contribution in [0.3, 0.4) is 0 Å². The number of nitrogens with one attached hydrogen (secondary N) is 2. The highest BCUT2D eigenvalue weighted by atomic mass is 35.5. The SMILES string of the molecule is CC(CCNCC(=O)Nc1ccc(Cl)cc1)S(C)=O. The number of anilines is 1. The van der Waals surface area contributed by atoms with Gasteiger partial charge in [-0.25, -0.2) is 0 Å². The van der Waals surface area contributed by atoms with E-state index in [0.717, 1.165) is 12.1 Å². The van der Waals surface area contributed by atoms with Gasteiger partial charge in [-0.2, -0.15) is 0 Å². The molecule has 0 radical (unpaired) electrons. The Morgan fingerprint density at radius 3 is 2.58 bits per heavy atom. The van der Waals surface area contributed by atoms with Crippen LogP contribution >= 0.6 is 11.6 Å². The minimum atomic E-state index is -0.811. The zero-order valence-electron chi connectivity index (χ0n) is 11.1. The molecular weight excluding hydrogens is 284 g/mol. The molecule has 0 aliphatic heterocycles. The van der Waals surface area contributed by atoms with Crippen LogP contribution in [0.1, 0.15) is 13.3 Å². The van der Waals surface area contributed by atoms with Gasteiger partial charge in [-0.1, -0.05) is 18.5 Å². The molecule has 1 rings (SSSR count). The van der Waals surface area contributed by atoms with Crippen molar-refractivity contribution >= 4 is 34.0 Å². The summed E-state index contributed by atoms with van der Waals surface area (Å²) in [5, 5.41) is 6.57. The number of amides is 1. The van der Waals surface area contributed by atoms with E-state index in [1.54, 1.807) is 30.5 Å². The molecule has 0 bridgehead atoms. The lowest BCUT2D eigenvalue weighted by Gasteiger charge is -2.09. The van der Waals surface area contributed by atoms with E-state index in [2.05, 4.69) is 10.6 Å². The Kier molecular flexibility index (Phi) is 7.05. The number of carbonyl (C=O) groups excluding carboxylic acids is 1. The van der Waals surface area contributed by atoms with Gasteiger partial charge in [0, 0.05) is 33.0 Å². The third kappa shape index (κ3) is 6.71. The molecule has 0 saturated heterocycles. The van der Waals surface area contributed by atoms with Crippen LogP contribution in [0.4, 0.5) is 5.69 Å². The van der Waals surface area contributed by atoms with Gasteiger partial charge < -0.3 is 10.6 Å². The first kappa shape index (κ1) is 16.1. The Balaban J connectivity index is 2.21. The molecule has 1 amide bonds. The molecular formula is C13H19ClN2O2S. The van der Waals surface area contributed by atoms with Gasteiger partial charge in [-0.3, -0.25) is 9.00 Å². The summed E-state index contributed by atoms with van der Waals surface area (Å²) in [5.74, 6) is -0.104. The molecule has 0 aliphatic rings. The monoisotopic (exact) mass is 302 g/mol. The van der Waals surface area contributed by atoms with Gasteiger partial charge in [0.05, 0.1) is 6.54 Å². The Labute approximate surface area is 121 Å². The predicted octanol–water partition coefficient (Wildman–Crippen LogP) is 2.03. The van der Waals surface area contributed by atoms with E-state index in [4.69, 9.17) is 11.6 Å². The van der Waals surface area contributed by atoms with Gasteiger partial charge in [0.15, 0.2) is 0 Å². The van der Waals surface area contributed by atoms with Crippen molar-refractivity contribution in [3.05, 3.63) is 29.3 Å². The highest BCUT2D eigenvalue weighted by Gasteiger charge is 2.06. The van der Waals surface area contributed by atoms with Gasteiger partial charge in [0.25, 0.3) is 0 Å². The van der Waals surface area contributed by atoms with Crippen molar-refractivity contribution in [2.24, 2.45) is 0 Å². The number of rotatable bonds is 7. The van der Waals surface area contributed by atoms with Crippen LogP contribution in [0.5, 0.6) is 0 Å². The molecule has 0 heterocycles. The first-order valence-electron chi connectivity index (χ1n) is 6.07. The summed E-state index contributed by atoms with van der Waals surface area (Å²) in [6.45, 7) is 2.85. The maximum absolute atomic E-state index is 11.6. The Morgan fingerprint density at radius 2 is 2.00 bits per heavy atom. The lowest BCUT2D eigenvalue weighted by Crippen LogP contribution is -2.30. The molecule has 106 valence electrons. The largest absolute Gasteiger partial charge is 0.325 e. The summed E-state index contributed by atoms with van der Waals surface area (Å²) in [4.78, 5) is 11.6. The van der Waals surface area contributed by atoms with Gasteiger partial charge >= 0.3 is 0 Å². The van der Waals surface area contributed by atoms with Gasteiger partial charge in [-0.15, -0.1) is 0 Å². The van der Waals surface area contributed by atoms with Crippen LogP contribution < -0.4 is 10.6 Å². The first-order chi connectivity index (χ1) is 8.99. The van der Waals surface area contributed by atoms with Crippen LogP contribution in [0.15, 0.2) is 24.3 Å². The van der Waals surface area contributed by atoms with E-state index >= 15 is 0 Å². The highest BCUT2D eigenvalue weighted by molar-refractivity contribution is 7.84. The van der Waals surface area contributed by atoms with Crippen LogP contribution in [-0.2, 0) is 15.6 Å². The maximum atomic E-state index is 11.6. The van der Waals surface area contributed by atoms with Crippen molar-refractivity contribution < 1.29 is 9.00 Å². The number of carbonyl (C=O) groups is 1. The highest BCUT2D eigenvalue weighted by Crippen LogP contribution is 2.12. The fraction of sp³-hybridized carbons (Fsp3) is 0.462. The summed E-state index contributed by atoms with van der Waals surface area (Å²) in [6, 6.07) is 6.96. The molecule has 2 atom stereocenters. The number of benzene rings is 1. The topological polar surface area (TPSA) is 58.2 Å². The average Bonchev–Trinajstić information content (AvgIpc) is 2.37. The zero-order chi connectivity index (χ0) is 14.3. The summed E-state index contributed by atoms with van der Waals surface area (Å²) >= 11 is 5.76. The molecule has 1 aromatic carbocycles. The van der Waals surface area contributed by atoms with Crippen LogP contribution in [0.2, 0.25) is 5.02 Å². The molecule has 4 nitrogen and oxygen atoms in total. The van der Waals surface area contributed by atoms with E-state index in [1.165, 1.54) is 0 Å². The minimum absolute atomic E-state index is 0.104. The Morgan fingerprint density at radius 1 is 1.37 bits per heavy atom. The van der Waals surface area contributed by atoms with E-state index < -0.39 is 10.8 Å². The smallest absolute Gasteiger partial charge is 0.238 e. The third-order valence-electron chi connectivity index (χ3n) is 2.71. The summed E-state index contributed by atoms with van der Waals surface area (Å²) in [5.41, 5.74) is 0.722. The second-order valence-electron chi connectivity index (χ2n) is 4.33. The van der Waals surface area contributed by atoms with Crippen molar-refractivity contribution in [1.29, 1.82) is 0 Å². The average molecular weight is 303 g/mol. The lowest BCUT2D eigenvalue weighted by molar-refractivity contribution is -0.115. The maximum Gasteiger partial charge on any atom is 0.238 e. The molecule has 0 aliphatic carbocycles.